The molecule has 0 aliphatic rings. The molecule has 0 saturated heterocycles. The lowest BCUT2D eigenvalue weighted by Gasteiger charge is -2.08. The summed E-state index contributed by atoms with van der Waals surface area (Å²) < 4.78 is 41.8. The van der Waals surface area contributed by atoms with Gasteiger partial charge in [-0.1, -0.05) is 0 Å². The van der Waals surface area contributed by atoms with E-state index in [-0.39, 0.29) is 34.0 Å². The average molecular weight is 346 g/mol. The molecule has 0 aromatic carbocycles. The topological polar surface area (TPSA) is 29.1 Å². The van der Waals surface area contributed by atoms with Crippen molar-refractivity contribution < 1.29 is 34.8 Å². The van der Waals surface area contributed by atoms with Crippen molar-refractivity contribution in [2.75, 3.05) is 0 Å². The third-order valence-electron chi connectivity index (χ3n) is 0.462. The second-order valence-corrected chi connectivity index (χ2v) is 6.09. The van der Waals surface area contributed by atoms with Gasteiger partial charge in [-0.15, -0.1) is 0 Å². The Kier molecular flexibility index (Phi) is 9.16. The monoisotopic (exact) mass is 344 g/mol. The fraction of sp³-hybridized carbons (Fsp3) is 0.667. The molecule has 0 aromatic heterocycles. The van der Waals surface area contributed by atoms with Crippen LogP contribution in [0.4, 0.5) is 22.4 Å². The Bertz CT molecular complexity index is 190. The van der Waals surface area contributed by atoms with Gasteiger partial charge in [0.15, 0.2) is 0 Å². The standard InChI is InChI=1S/C3HCl2F4NOS3.ClH/c4-2(6,7)13-10-1(11)12-14-3(5,8)9;/h(H,10,11);1H/p-1. The number of nitrogens with one attached hydrogen (secondary N) is 1. The van der Waals surface area contributed by atoms with E-state index in [1.54, 1.807) is 4.72 Å². The van der Waals surface area contributed by atoms with E-state index in [4.69, 9.17) is 0 Å². The van der Waals surface area contributed by atoms with E-state index in [2.05, 4.69) is 23.2 Å². The molecule has 0 aromatic rings. The molecule has 0 heterocycles. The molecule has 1 N–H and O–H groups in total. The fourth-order valence-electron chi connectivity index (χ4n) is 0.202. The predicted molar refractivity (Wildman–Crippen MR) is 52.9 cm³/mol. The second-order valence-electron chi connectivity index (χ2n) is 1.55. The Hall–Kier alpha value is 1.11. The minimum absolute atomic E-state index is 0. The molecule has 0 saturated carbocycles. The van der Waals surface area contributed by atoms with Crippen molar-refractivity contribution >= 4 is 62.0 Å². The first-order valence-corrected chi connectivity index (χ1v) is 6.29. The van der Waals surface area contributed by atoms with E-state index in [0.29, 0.717) is 0 Å². The quantitative estimate of drug-likeness (QED) is 0.360. The average Bonchev–Trinajstić information content (AvgIpc) is 1.94. The van der Waals surface area contributed by atoms with Crippen molar-refractivity contribution in [1.82, 2.24) is 4.72 Å². The highest BCUT2D eigenvalue weighted by Crippen LogP contribution is 2.42. The number of carbonyl (C=O) groups is 1. The summed E-state index contributed by atoms with van der Waals surface area (Å²) in [4.78, 5) is 10.6. The van der Waals surface area contributed by atoms with Crippen LogP contribution in [0, 0.1) is 0 Å². The van der Waals surface area contributed by atoms with Gasteiger partial charge in [0, 0.05) is 33.5 Å². The molecule has 0 aliphatic heterocycles. The smallest absolute Gasteiger partial charge is 0.389 e. The lowest BCUT2D eigenvalue weighted by atomic mass is 11.5. The van der Waals surface area contributed by atoms with Crippen molar-refractivity contribution in [3.05, 3.63) is 0 Å². The van der Waals surface area contributed by atoms with Gasteiger partial charge in [-0.3, -0.25) is 9.52 Å². The van der Waals surface area contributed by atoms with Crippen molar-refractivity contribution in [3.8, 4) is 0 Å². The summed E-state index contributed by atoms with van der Waals surface area (Å²) in [5, 5.41) is -1.11. The van der Waals surface area contributed by atoms with Crippen molar-refractivity contribution in [2.45, 2.75) is 9.43 Å². The maximum atomic E-state index is 11.9. The maximum absolute atomic E-state index is 11.9. The number of amides is 1. The lowest BCUT2D eigenvalue weighted by Crippen LogP contribution is -3.00. The van der Waals surface area contributed by atoms with Crippen molar-refractivity contribution in [1.29, 1.82) is 0 Å². The summed E-state index contributed by atoms with van der Waals surface area (Å²) >= 11 is 8.41. The second kappa shape index (κ2) is 7.44. The highest BCUT2D eigenvalue weighted by atomic mass is 35.5. The van der Waals surface area contributed by atoms with Gasteiger partial charge in [0.25, 0.3) is 5.24 Å². The minimum Gasteiger partial charge on any atom is -1.00 e. The Morgan fingerprint density at radius 2 is 1.60 bits per heavy atom. The molecule has 0 aliphatic carbocycles. The number of hydrogen-bond donors (Lipinski definition) is 1. The lowest BCUT2D eigenvalue weighted by molar-refractivity contribution is -0.0000113. The first-order chi connectivity index (χ1) is 6.10. The molecule has 1 amide bonds. The third-order valence-corrected chi connectivity index (χ3v) is 3.71. The van der Waals surface area contributed by atoms with Crippen LogP contribution in [0.15, 0.2) is 0 Å². The summed E-state index contributed by atoms with van der Waals surface area (Å²) in [5.74, 6) is 0. The molecule has 0 bridgehead atoms. The van der Waals surface area contributed by atoms with Gasteiger partial charge in [-0.05, 0) is 23.2 Å². The Morgan fingerprint density at radius 3 is 1.93 bits per heavy atom. The van der Waals surface area contributed by atoms with Crippen LogP contribution in [-0.2, 0) is 0 Å². The molecule has 0 fully saturated rings. The van der Waals surface area contributed by atoms with Crippen LogP contribution in [0.1, 0.15) is 0 Å². The first-order valence-electron chi connectivity index (χ1n) is 2.57. The van der Waals surface area contributed by atoms with Gasteiger partial charge in [-0.25, -0.2) is 0 Å². The van der Waals surface area contributed by atoms with Crippen LogP contribution in [0.5, 0.6) is 0 Å². The zero-order valence-electron chi connectivity index (χ0n) is 6.28. The SMILES string of the molecule is O=C(NSC(F)(F)Cl)SSC(F)(F)Cl.[Cl-]. The predicted octanol–water partition coefficient (Wildman–Crippen LogP) is 1.31. The Morgan fingerprint density at radius 1 is 1.13 bits per heavy atom. The molecular formula is C3HCl3F4NOS3-. The molecule has 0 spiro atoms. The van der Waals surface area contributed by atoms with E-state index in [0.717, 1.165) is 0 Å². The Labute approximate surface area is 111 Å². The zero-order chi connectivity index (χ0) is 11.4. The van der Waals surface area contributed by atoms with Crippen LogP contribution >= 0.6 is 56.7 Å². The number of carbonyl (C=O) groups excluding carboxylic acids is 1. The van der Waals surface area contributed by atoms with E-state index in [1.165, 1.54) is 0 Å². The highest BCUT2D eigenvalue weighted by Gasteiger charge is 2.30. The third kappa shape index (κ3) is 15.1. The molecule has 92 valence electrons. The van der Waals surface area contributed by atoms with Gasteiger partial charge in [0.1, 0.15) is 0 Å². The first kappa shape index (κ1) is 18.5. The number of hydrogen-bond acceptors (Lipinski definition) is 4. The van der Waals surface area contributed by atoms with E-state index >= 15 is 0 Å². The van der Waals surface area contributed by atoms with E-state index in [9.17, 15) is 22.4 Å². The minimum atomic E-state index is -3.68. The van der Waals surface area contributed by atoms with Crippen LogP contribution in [0.3, 0.4) is 0 Å². The number of halogens is 7. The van der Waals surface area contributed by atoms with Crippen LogP contribution in [-0.4, -0.2) is 14.7 Å². The molecule has 2 nitrogen and oxygen atoms in total. The molecule has 15 heavy (non-hydrogen) atoms. The Balaban J connectivity index is 0. The van der Waals surface area contributed by atoms with E-state index in [1.807, 2.05) is 0 Å². The van der Waals surface area contributed by atoms with Crippen molar-refractivity contribution in [3.63, 3.8) is 0 Å². The summed E-state index contributed by atoms with van der Waals surface area (Å²) in [7, 11) is -0.276. The zero-order valence-corrected chi connectivity index (χ0v) is 11.0. The van der Waals surface area contributed by atoms with Crippen molar-refractivity contribution in [2.24, 2.45) is 0 Å². The van der Waals surface area contributed by atoms with Crippen LogP contribution in [0.25, 0.3) is 0 Å². The highest BCUT2D eigenvalue weighted by molar-refractivity contribution is 8.82. The molecule has 0 atom stereocenters. The summed E-state index contributed by atoms with van der Waals surface area (Å²) in [6.07, 6.45) is 0. The van der Waals surface area contributed by atoms with Gasteiger partial charge in [-0.2, -0.15) is 17.6 Å². The van der Waals surface area contributed by atoms with Crippen LogP contribution in [0.2, 0.25) is 0 Å². The molecule has 0 rings (SSSR count). The fourth-order valence-corrected chi connectivity index (χ4v) is 2.05. The summed E-state index contributed by atoms with van der Waals surface area (Å²) in [6, 6.07) is 0. The van der Waals surface area contributed by atoms with Gasteiger partial charge >= 0.3 is 9.43 Å². The van der Waals surface area contributed by atoms with Crippen LogP contribution < -0.4 is 17.1 Å². The molecule has 12 heteroatoms. The van der Waals surface area contributed by atoms with Gasteiger partial charge < -0.3 is 12.4 Å². The van der Waals surface area contributed by atoms with Gasteiger partial charge in [0.05, 0.1) is 0 Å². The summed E-state index contributed by atoms with van der Waals surface area (Å²) in [6.45, 7) is 0. The molecule has 0 radical (unpaired) electrons. The normalized spacial score (nSPS) is 11.9. The largest absolute Gasteiger partial charge is 1.00 e. The van der Waals surface area contributed by atoms with E-state index < -0.39 is 26.6 Å². The summed E-state index contributed by atoms with van der Waals surface area (Å²) in [5.41, 5.74) is 0. The number of alkyl halides is 6. The maximum Gasteiger partial charge on any atom is 0.389 e. The molecule has 0 unspecified atom stereocenters. The molecular weight excluding hydrogens is 345 g/mol. The number of rotatable bonds is 4. The van der Waals surface area contributed by atoms with Gasteiger partial charge in [0.2, 0.25) is 0 Å².